The molecule has 0 radical (unpaired) electrons. The maximum Gasteiger partial charge on any atom is 0.242 e. The Morgan fingerprint density at radius 2 is 1.90 bits per heavy atom. The number of carbonyl (C=O) groups is 3. The van der Waals surface area contributed by atoms with Crippen molar-refractivity contribution in [1.29, 1.82) is 0 Å². The molecule has 0 aliphatic carbocycles. The summed E-state index contributed by atoms with van der Waals surface area (Å²) < 4.78 is 5.15. The third kappa shape index (κ3) is 4.15. The molecule has 1 atom stereocenters. The molecule has 0 aliphatic rings. The second-order valence-electron chi connectivity index (χ2n) is 5.92. The third-order valence-electron chi connectivity index (χ3n) is 3.05. The summed E-state index contributed by atoms with van der Waals surface area (Å²) in [5.74, 6) is -1.91. The van der Waals surface area contributed by atoms with Gasteiger partial charge in [0.2, 0.25) is 5.91 Å². The number of rotatable bonds is 5. The molecule has 114 valence electrons. The van der Waals surface area contributed by atoms with E-state index in [1.54, 1.807) is 32.9 Å². The number of aryl methyl sites for hydroxylation is 1. The van der Waals surface area contributed by atoms with Gasteiger partial charge in [0, 0.05) is 5.41 Å². The quantitative estimate of drug-likeness (QED) is 0.667. The van der Waals surface area contributed by atoms with E-state index in [1.165, 1.54) is 7.11 Å². The Bertz CT molecular complexity index is 558. The molecular weight excluding hydrogens is 270 g/mol. The van der Waals surface area contributed by atoms with E-state index < -0.39 is 23.0 Å². The molecular formula is C16H21NO4. The molecule has 1 N–H and O–H groups in total. The number of nitrogens with one attached hydrogen (secondary N) is 1. The lowest BCUT2D eigenvalue weighted by Crippen LogP contribution is -2.37. The van der Waals surface area contributed by atoms with E-state index in [4.69, 9.17) is 4.74 Å². The monoisotopic (exact) mass is 291 g/mol. The number of carbonyl (C=O) groups excluding carboxylic acids is 3. The van der Waals surface area contributed by atoms with Gasteiger partial charge in [0.25, 0.3) is 0 Å². The van der Waals surface area contributed by atoms with Crippen LogP contribution in [-0.4, -0.2) is 25.1 Å². The molecule has 21 heavy (non-hydrogen) atoms. The molecule has 1 amide bonds. The van der Waals surface area contributed by atoms with E-state index in [0.717, 1.165) is 5.56 Å². The number of Topliss-reactive ketones (excluding diaryl/α,β-unsaturated/α-hetero) is 1. The van der Waals surface area contributed by atoms with E-state index in [9.17, 15) is 14.4 Å². The summed E-state index contributed by atoms with van der Waals surface area (Å²) in [7, 11) is 1.48. The minimum atomic E-state index is -1.32. The molecule has 1 rings (SSSR count). The fourth-order valence-corrected chi connectivity index (χ4v) is 1.84. The normalized spacial score (nSPS) is 12.4. The topological polar surface area (TPSA) is 72.5 Å². The van der Waals surface area contributed by atoms with Crippen molar-refractivity contribution >= 4 is 23.7 Å². The van der Waals surface area contributed by atoms with Gasteiger partial charge in [-0.3, -0.25) is 9.59 Å². The average Bonchev–Trinajstić information content (AvgIpc) is 2.38. The van der Waals surface area contributed by atoms with Crippen LogP contribution in [0.25, 0.3) is 0 Å². The zero-order valence-electron chi connectivity index (χ0n) is 13.0. The minimum absolute atomic E-state index is 0.380. The predicted molar refractivity (Wildman–Crippen MR) is 80.4 cm³/mol. The molecule has 5 nitrogen and oxygen atoms in total. The van der Waals surface area contributed by atoms with Crippen molar-refractivity contribution in [3.63, 3.8) is 0 Å². The molecule has 0 aromatic heterocycles. The summed E-state index contributed by atoms with van der Waals surface area (Å²) in [5.41, 5.74) is 0.603. The summed E-state index contributed by atoms with van der Waals surface area (Å²) in [4.78, 5) is 35.5. The van der Waals surface area contributed by atoms with Gasteiger partial charge < -0.3 is 14.8 Å². The van der Waals surface area contributed by atoms with Gasteiger partial charge in [-0.2, -0.15) is 0 Å². The van der Waals surface area contributed by atoms with Crippen LogP contribution in [0.2, 0.25) is 0 Å². The fourth-order valence-electron chi connectivity index (χ4n) is 1.84. The first-order valence-corrected chi connectivity index (χ1v) is 6.66. The molecule has 0 saturated carbocycles. The number of ketones is 1. The lowest BCUT2D eigenvalue weighted by Gasteiger charge is -2.21. The number of amides is 1. The number of anilines is 1. The van der Waals surface area contributed by atoms with Crippen LogP contribution in [0.1, 0.15) is 26.3 Å². The maximum atomic E-state index is 12.2. The van der Waals surface area contributed by atoms with Crippen LogP contribution in [0.5, 0.6) is 5.75 Å². The molecule has 0 aliphatic heterocycles. The summed E-state index contributed by atoms with van der Waals surface area (Å²) in [6.07, 6.45) is 0.380. The Labute approximate surface area is 124 Å². The molecule has 0 heterocycles. The zero-order chi connectivity index (χ0) is 16.2. The van der Waals surface area contributed by atoms with E-state index in [0.29, 0.717) is 17.7 Å². The van der Waals surface area contributed by atoms with Gasteiger partial charge in [-0.15, -0.1) is 0 Å². The van der Waals surface area contributed by atoms with Crippen molar-refractivity contribution in [2.75, 3.05) is 12.4 Å². The van der Waals surface area contributed by atoms with Gasteiger partial charge >= 0.3 is 0 Å². The molecule has 0 fully saturated rings. The molecule has 1 aromatic carbocycles. The smallest absolute Gasteiger partial charge is 0.242 e. The number of hydrogen-bond acceptors (Lipinski definition) is 4. The van der Waals surface area contributed by atoms with Crippen molar-refractivity contribution in [3.05, 3.63) is 23.8 Å². The van der Waals surface area contributed by atoms with Crippen molar-refractivity contribution in [2.45, 2.75) is 27.7 Å². The number of aldehydes is 1. The molecule has 5 heteroatoms. The van der Waals surface area contributed by atoms with Crippen LogP contribution in [0.4, 0.5) is 5.69 Å². The zero-order valence-corrected chi connectivity index (χ0v) is 13.0. The second kappa shape index (κ2) is 6.52. The molecule has 0 saturated heterocycles. The Kier molecular flexibility index (Phi) is 5.24. The van der Waals surface area contributed by atoms with Crippen LogP contribution in [0.15, 0.2) is 18.2 Å². The highest BCUT2D eigenvalue weighted by molar-refractivity contribution is 6.18. The summed E-state index contributed by atoms with van der Waals surface area (Å²) >= 11 is 0. The first-order chi connectivity index (χ1) is 9.70. The van der Waals surface area contributed by atoms with Gasteiger partial charge in [0.1, 0.15) is 12.0 Å². The molecule has 1 unspecified atom stereocenters. The van der Waals surface area contributed by atoms with Crippen LogP contribution < -0.4 is 10.1 Å². The number of methoxy groups -OCH3 is 1. The van der Waals surface area contributed by atoms with E-state index in [1.807, 2.05) is 13.0 Å². The van der Waals surface area contributed by atoms with E-state index in [-0.39, 0.29) is 0 Å². The Hall–Kier alpha value is -2.17. The fraction of sp³-hybridized carbons (Fsp3) is 0.438. The standard InChI is InChI=1S/C16H21NO4/c1-10-6-7-13(21-5)12(8-10)17-15(20)11(9-18)14(19)16(2,3)4/h6-9,11H,1-5H3,(H,17,20). The molecule has 0 spiro atoms. The highest BCUT2D eigenvalue weighted by Crippen LogP contribution is 2.26. The first-order valence-electron chi connectivity index (χ1n) is 6.66. The number of benzene rings is 1. The van der Waals surface area contributed by atoms with E-state index >= 15 is 0 Å². The van der Waals surface area contributed by atoms with E-state index in [2.05, 4.69) is 5.32 Å². The number of ether oxygens (including phenoxy) is 1. The van der Waals surface area contributed by atoms with Crippen LogP contribution in [0.3, 0.4) is 0 Å². The average molecular weight is 291 g/mol. The summed E-state index contributed by atoms with van der Waals surface area (Å²) in [6.45, 7) is 6.89. The predicted octanol–water partition coefficient (Wildman–Crippen LogP) is 2.37. The summed E-state index contributed by atoms with van der Waals surface area (Å²) in [5, 5.41) is 2.59. The molecule has 1 aromatic rings. The third-order valence-corrected chi connectivity index (χ3v) is 3.05. The minimum Gasteiger partial charge on any atom is -0.495 e. The lowest BCUT2D eigenvalue weighted by molar-refractivity contribution is -0.139. The maximum absolute atomic E-state index is 12.2. The lowest BCUT2D eigenvalue weighted by atomic mass is 9.83. The highest BCUT2D eigenvalue weighted by atomic mass is 16.5. The largest absolute Gasteiger partial charge is 0.495 e. The Morgan fingerprint density at radius 1 is 1.29 bits per heavy atom. The van der Waals surface area contributed by atoms with Gasteiger partial charge in [0.15, 0.2) is 11.7 Å². The van der Waals surface area contributed by atoms with Crippen LogP contribution >= 0.6 is 0 Å². The van der Waals surface area contributed by atoms with Crippen LogP contribution in [0, 0.1) is 18.3 Å². The van der Waals surface area contributed by atoms with Gasteiger partial charge in [0.05, 0.1) is 12.8 Å². The Morgan fingerprint density at radius 3 is 2.38 bits per heavy atom. The van der Waals surface area contributed by atoms with Gasteiger partial charge in [-0.05, 0) is 24.6 Å². The highest BCUT2D eigenvalue weighted by Gasteiger charge is 2.34. The number of hydrogen-bond donors (Lipinski definition) is 1. The van der Waals surface area contributed by atoms with Crippen molar-refractivity contribution in [2.24, 2.45) is 11.3 Å². The SMILES string of the molecule is COc1ccc(C)cc1NC(=O)C(C=O)C(=O)C(C)(C)C. The van der Waals surface area contributed by atoms with Gasteiger partial charge in [-0.1, -0.05) is 26.8 Å². The van der Waals surface area contributed by atoms with Crippen LogP contribution in [-0.2, 0) is 14.4 Å². The van der Waals surface area contributed by atoms with Crippen molar-refractivity contribution < 1.29 is 19.1 Å². The Balaban J connectivity index is 3.01. The van der Waals surface area contributed by atoms with Gasteiger partial charge in [-0.25, -0.2) is 0 Å². The first kappa shape index (κ1) is 16.9. The van der Waals surface area contributed by atoms with Crippen molar-refractivity contribution in [1.82, 2.24) is 0 Å². The second-order valence-corrected chi connectivity index (χ2v) is 5.92. The van der Waals surface area contributed by atoms with Crippen molar-refractivity contribution in [3.8, 4) is 5.75 Å². The molecule has 0 bridgehead atoms. The summed E-state index contributed by atoms with van der Waals surface area (Å²) in [6, 6.07) is 5.28.